The van der Waals surface area contributed by atoms with Crippen molar-refractivity contribution in [1.29, 1.82) is 0 Å². The SMILES string of the molecule is CCCCCCCCOc1cc(B(O)O)c(OCCCCCCCC)cc1B(O)O. The van der Waals surface area contributed by atoms with Crippen molar-refractivity contribution < 1.29 is 29.6 Å². The second kappa shape index (κ2) is 16.5. The van der Waals surface area contributed by atoms with E-state index >= 15 is 0 Å². The van der Waals surface area contributed by atoms with Gasteiger partial charge < -0.3 is 29.6 Å². The molecule has 0 aromatic heterocycles. The predicted molar refractivity (Wildman–Crippen MR) is 124 cm³/mol. The molecule has 0 amide bonds. The molecule has 170 valence electrons. The van der Waals surface area contributed by atoms with E-state index in [1.54, 1.807) is 0 Å². The summed E-state index contributed by atoms with van der Waals surface area (Å²) in [5.74, 6) is 0.488. The lowest BCUT2D eigenvalue weighted by molar-refractivity contribution is 0.297. The van der Waals surface area contributed by atoms with Crippen molar-refractivity contribution >= 4 is 25.2 Å². The van der Waals surface area contributed by atoms with Crippen LogP contribution < -0.4 is 20.4 Å². The van der Waals surface area contributed by atoms with E-state index in [4.69, 9.17) is 9.47 Å². The molecule has 0 fully saturated rings. The minimum Gasteiger partial charge on any atom is -0.494 e. The Balaban J connectivity index is 2.66. The largest absolute Gasteiger partial charge is 0.494 e. The molecule has 0 saturated heterocycles. The summed E-state index contributed by atoms with van der Waals surface area (Å²) in [7, 11) is -3.46. The maximum Gasteiger partial charge on any atom is 0.492 e. The zero-order chi connectivity index (χ0) is 22.2. The molecule has 30 heavy (non-hydrogen) atoms. The Hall–Kier alpha value is -1.21. The van der Waals surface area contributed by atoms with Gasteiger partial charge in [0.2, 0.25) is 0 Å². The lowest BCUT2D eigenvalue weighted by Crippen LogP contribution is -2.38. The average Bonchev–Trinajstić information content (AvgIpc) is 2.72. The molecule has 0 atom stereocenters. The van der Waals surface area contributed by atoms with Crippen LogP contribution in [0.3, 0.4) is 0 Å². The van der Waals surface area contributed by atoms with Gasteiger partial charge >= 0.3 is 14.2 Å². The second-order valence-corrected chi connectivity index (χ2v) is 7.91. The van der Waals surface area contributed by atoms with Gasteiger partial charge in [-0.2, -0.15) is 0 Å². The van der Waals surface area contributed by atoms with Crippen LogP contribution >= 0.6 is 0 Å². The Morgan fingerprint density at radius 2 is 0.900 bits per heavy atom. The van der Waals surface area contributed by atoms with Gasteiger partial charge in [-0.1, -0.05) is 78.1 Å². The van der Waals surface area contributed by atoms with Crippen molar-refractivity contribution in [2.45, 2.75) is 90.9 Å². The molecule has 1 rings (SSSR count). The molecule has 0 bridgehead atoms. The van der Waals surface area contributed by atoms with Gasteiger partial charge in [-0.05, 0) is 25.0 Å². The van der Waals surface area contributed by atoms with Gasteiger partial charge in [0.05, 0.1) is 13.2 Å². The minimum absolute atomic E-state index is 0.170. The second-order valence-electron chi connectivity index (χ2n) is 7.91. The lowest BCUT2D eigenvalue weighted by Gasteiger charge is -2.17. The van der Waals surface area contributed by atoms with Gasteiger partial charge in [-0.15, -0.1) is 0 Å². The fraction of sp³-hybridized carbons (Fsp3) is 0.727. The summed E-state index contributed by atoms with van der Waals surface area (Å²) in [5, 5.41) is 39.0. The topological polar surface area (TPSA) is 99.4 Å². The third kappa shape index (κ3) is 10.7. The Labute approximate surface area is 182 Å². The predicted octanol–water partition coefficient (Wildman–Crippen LogP) is 2.52. The molecule has 1 aromatic rings. The number of hydrogen-bond acceptors (Lipinski definition) is 6. The Bertz CT molecular complexity index is 519. The molecular weight excluding hydrogens is 382 g/mol. The van der Waals surface area contributed by atoms with E-state index in [0.717, 1.165) is 38.5 Å². The highest BCUT2D eigenvalue weighted by atomic mass is 16.5. The third-order valence-electron chi connectivity index (χ3n) is 5.21. The maximum atomic E-state index is 9.75. The number of ether oxygens (including phenoxy) is 2. The summed E-state index contributed by atoms with van der Waals surface area (Å²) in [6, 6.07) is 2.88. The van der Waals surface area contributed by atoms with Crippen LogP contribution in [0.25, 0.3) is 0 Å². The van der Waals surface area contributed by atoms with Crippen LogP contribution in [0.4, 0.5) is 0 Å². The zero-order valence-electron chi connectivity index (χ0n) is 18.8. The van der Waals surface area contributed by atoms with Crippen LogP contribution in [0.2, 0.25) is 0 Å². The molecule has 0 radical (unpaired) electrons. The first-order valence-corrected chi connectivity index (χ1v) is 11.7. The molecule has 0 saturated carbocycles. The third-order valence-corrected chi connectivity index (χ3v) is 5.21. The van der Waals surface area contributed by atoms with Crippen LogP contribution in [0.5, 0.6) is 11.5 Å². The molecule has 0 spiro atoms. The van der Waals surface area contributed by atoms with Gasteiger partial charge in [0, 0.05) is 10.9 Å². The Kier molecular flexibility index (Phi) is 14.7. The van der Waals surface area contributed by atoms with Crippen LogP contribution in [0.1, 0.15) is 90.9 Å². The summed E-state index contributed by atoms with van der Waals surface area (Å²) >= 11 is 0. The molecule has 4 N–H and O–H groups in total. The Morgan fingerprint density at radius 3 is 1.23 bits per heavy atom. The van der Waals surface area contributed by atoms with Crippen molar-refractivity contribution in [3.63, 3.8) is 0 Å². The van der Waals surface area contributed by atoms with Crippen LogP contribution in [-0.4, -0.2) is 47.5 Å². The summed E-state index contributed by atoms with van der Waals surface area (Å²) in [5.41, 5.74) is 0.339. The van der Waals surface area contributed by atoms with E-state index in [1.807, 2.05) is 0 Å². The van der Waals surface area contributed by atoms with Crippen molar-refractivity contribution in [2.75, 3.05) is 13.2 Å². The van der Waals surface area contributed by atoms with Crippen LogP contribution in [0.15, 0.2) is 12.1 Å². The van der Waals surface area contributed by atoms with Crippen molar-refractivity contribution in [1.82, 2.24) is 0 Å². The molecule has 0 aliphatic heterocycles. The molecule has 0 heterocycles. The summed E-state index contributed by atoms with van der Waals surface area (Å²) in [4.78, 5) is 0. The summed E-state index contributed by atoms with van der Waals surface area (Å²) in [6.07, 6.45) is 13.4. The number of benzene rings is 1. The van der Waals surface area contributed by atoms with Gasteiger partial charge in [-0.3, -0.25) is 0 Å². The number of rotatable bonds is 18. The smallest absolute Gasteiger partial charge is 0.492 e. The lowest BCUT2D eigenvalue weighted by atomic mass is 9.73. The van der Waals surface area contributed by atoms with E-state index < -0.39 is 14.2 Å². The van der Waals surface area contributed by atoms with Crippen molar-refractivity contribution in [3.8, 4) is 11.5 Å². The van der Waals surface area contributed by atoms with Gasteiger partial charge in [0.1, 0.15) is 11.5 Å². The fourth-order valence-electron chi connectivity index (χ4n) is 3.37. The monoisotopic (exact) mass is 422 g/mol. The number of unbranched alkanes of at least 4 members (excludes halogenated alkanes) is 10. The molecule has 8 heteroatoms. The van der Waals surface area contributed by atoms with Crippen molar-refractivity contribution in [2.24, 2.45) is 0 Å². The molecule has 6 nitrogen and oxygen atoms in total. The minimum atomic E-state index is -1.73. The maximum absolute atomic E-state index is 9.75. The van der Waals surface area contributed by atoms with E-state index in [0.29, 0.717) is 13.2 Å². The summed E-state index contributed by atoms with van der Waals surface area (Å²) < 4.78 is 11.5. The van der Waals surface area contributed by atoms with E-state index in [9.17, 15) is 20.1 Å². The molecule has 0 aliphatic carbocycles. The van der Waals surface area contributed by atoms with E-state index in [2.05, 4.69) is 13.8 Å². The highest BCUT2D eigenvalue weighted by Gasteiger charge is 2.25. The summed E-state index contributed by atoms with van der Waals surface area (Å²) in [6.45, 7) is 5.23. The highest BCUT2D eigenvalue weighted by Crippen LogP contribution is 2.17. The standard InChI is InChI=1S/C22H40B2O6/c1-3-5-7-9-11-13-15-29-21-17-20(24(27)28)22(18-19(21)23(25)26)30-16-14-12-10-8-6-4-2/h17-18,25-28H,3-16H2,1-2H3. The molecule has 0 unspecified atom stereocenters. The fourth-order valence-corrected chi connectivity index (χ4v) is 3.37. The van der Waals surface area contributed by atoms with E-state index in [1.165, 1.54) is 50.7 Å². The van der Waals surface area contributed by atoms with Crippen LogP contribution in [-0.2, 0) is 0 Å². The number of hydrogen-bond donors (Lipinski definition) is 4. The van der Waals surface area contributed by atoms with Gasteiger partial charge in [-0.25, -0.2) is 0 Å². The van der Waals surface area contributed by atoms with Crippen molar-refractivity contribution in [3.05, 3.63) is 12.1 Å². The zero-order valence-corrected chi connectivity index (χ0v) is 18.8. The molecule has 0 aliphatic rings. The van der Waals surface area contributed by atoms with Crippen LogP contribution in [0, 0.1) is 0 Å². The Morgan fingerprint density at radius 1 is 0.567 bits per heavy atom. The molecular formula is C22H40B2O6. The first-order valence-electron chi connectivity index (χ1n) is 11.7. The highest BCUT2D eigenvalue weighted by molar-refractivity contribution is 6.62. The first kappa shape index (κ1) is 26.8. The molecule has 1 aromatic carbocycles. The normalized spacial score (nSPS) is 10.9. The van der Waals surface area contributed by atoms with Gasteiger partial charge in [0.15, 0.2) is 0 Å². The average molecular weight is 422 g/mol. The first-order chi connectivity index (χ1) is 14.5. The van der Waals surface area contributed by atoms with Gasteiger partial charge in [0.25, 0.3) is 0 Å². The van der Waals surface area contributed by atoms with E-state index in [-0.39, 0.29) is 22.4 Å². The quantitative estimate of drug-likeness (QED) is 0.214.